The Morgan fingerprint density at radius 1 is 1.04 bits per heavy atom. The van der Waals surface area contributed by atoms with Crippen molar-refractivity contribution >= 4 is 12.3 Å². The lowest BCUT2D eigenvalue weighted by molar-refractivity contribution is -0.331. The first-order chi connectivity index (χ1) is 23.2. The molecule has 1 aromatic carbocycles. The van der Waals surface area contributed by atoms with Gasteiger partial charge in [-0.3, -0.25) is 0 Å². The van der Waals surface area contributed by atoms with Gasteiger partial charge in [0.05, 0.1) is 34.9 Å². The number of aliphatic hydroxyl groups is 5. The summed E-state index contributed by atoms with van der Waals surface area (Å²) in [6, 6.07) is 7.75. The fraction of sp³-hybridized carbons (Fsp3) is 0.750. The van der Waals surface area contributed by atoms with E-state index in [1.165, 1.54) is 0 Å². The lowest BCUT2D eigenvalue weighted by Gasteiger charge is -2.70. The van der Waals surface area contributed by atoms with Gasteiger partial charge in [0.15, 0.2) is 0 Å². The van der Waals surface area contributed by atoms with Crippen molar-refractivity contribution in [2.75, 3.05) is 7.05 Å². The molecule has 7 rings (SSSR count). The number of esters is 1. The van der Waals surface area contributed by atoms with Gasteiger partial charge in [-0.15, -0.1) is 0 Å². The maximum Gasteiger partial charge on any atom is 0.331 e. The van der Waals surface area contributed by atoms with E-state index in [1.807, 2.05) is 31.3 Å². The average Bonchev–Trinajstić information content (AvgIpc) is 3.56. The number of carbonyl (C=O) groups excluding carboxylic acids is 2. The second-order valence-electron chi connectivity index (χ2n) is 17.5. The summed E-state index contributed by atoms with van der Waals surface area (Å²) in [6.45, 7) is 6.24. The summed E-state index contributed by atoms with van der Waals surface area (Å²) in [4.78, 5) is 26.5. The minimum Gasteiger partial charge on any atom is -0.454 e. The topological polar surface area (TPSA) is 157 Å². The summed E-state index contributed by atoms with van der Waals surface area (Å²) >= 11 is 0. The first kappa shape index (κ1) is 35.3. The monoisotopic (exact) mass is 679 g/mol. The van der Waals surface area contributed by atoms with E-state index >= 15 is 0 Å². The first-order valence-corrected chi connectivity index (χ1v) is 18.8. The average molecular weight is 680 g/mol. The highest BCUT2D eigenvalue weighted by Crippen LogP contribution is 2.75. The van der Waals surface area contributed by atoms with Gasteiger partial charge in [-0.1, -0.05) is 51.5 Å². The Balaban J connectivity index is 1.29. The van der Waals surface area contributed by atoms with Gasteiger partial charge in [0.1, 0.15) is 12.4 Å². The molecule has 0 spiro atoms. The molecule has 9 heteroatoms. The van der Waals surface area contributed by atoms with Crippen molar-refractivity contribution in [3.63, 3.8) is 0 Å². The van der Waals surface area contributed by atoms with E-state index in [9.17, 15) is 35.1 Å². The highest BCUT2D eigenvalue weighted by Gasteiger charge is 2.80. The van der Waals surface area contributed by atoms with Crippen molar-refractivity contribution in [2.45, 2.75) is 133 Å². The maximum atomic E-state index is 13.4. The van der Waals surface area contributed by atoms with Crippen LogP contribution in [0, 0.1) is 46.3 Å². The van der Waals surface area contributed by atoms with Crippen LogP contribution in [-0.4, -0.2) is 79.9 Å². The smallest absolute Gasteiger partial charge is 0.331 e. The second-order valence-corrected chi connectivity index (χ2v) is 17.5. The Kier molecular flexibility index (Phi) is 8.81. The molecule has 6 aliphatic rings. The number of aliphatic hydroxyl groups excluding tert-OH is 2. The zero-order chi connectivity index (χ0) is 35.1. The summed E-state index contributed by atoms with van der Waals surface area (Å²) in [5, 5.41) is 63.6. The minimum absolute atomic E-state index is 0.0426. The number of aldehydes is 1. The summed E-state index contributed by atoms with van der Waals surface area (Å²) < 4.78 is 6.08. The summed E-state index contributed by atoms with van der Waals surface area (Å²) in [7, 11) is 1.91. The van der Waals surface area contributed by atoms with Crippen molar-refractivity contribution in [1.82, 2.24) is 5.32 Å². The number of hydrogen-bond acceptors (Lipinski definition) is 9. The molecule has 9 nitrogen and oxygen atoms in total. The fourth-order valence-corrected chi connectivity index (χ4v) is 12.8. The van der Waals surface area contributed by atoms with E-state index in [4.69, 9.17) is 4.74 Å². The van der Waals surface area contributed by atoms with E-state index in [0.29, 0.717) is 50.9 Å². The van der Waals surface area contributed by atoms with Crippen LogP contribution in [0.25, 0.3) is 0 Å². The van der Waals surface area contributed by atoms with Crippen molar-refractivity contribution in [1.29, 1.82) is 0 Å². The number of hydrogen-bond donors (Lipinski definition) is 6. The Labute approximate surface area is 290 Å². The molecule has 270 valence electrons. The van der Waals surface area contributed by atoms with Gasteiger partial charge in [0, 0.05) is 35.8 Å². The second kappa shape index (κ2) is 12.2. The first-order valence-electron chi connectivity index (χ1n) is 18.8. The van der Waals surface area contributed by atoms with Crippen LogP contribution >= 0.6 is 0 Å². The van der Waals surface area contributed by atoms with Gasteiger partial charge in [0.2, 0.25) is 0 Å². The molecule has 13 unspecified atom stereocenters. The number of fused-ring (bicyclic) bond motifs is 9. The lowest BCUT2D eigenvalue weighted by atomic mass is 9.37. The van der Waals surface area contributed by atoms with Crippen LogP contribution in [0.1, 0.15) is 96.1 Å². The zero-order valence-corrected chi connectivity index (χ0v) is 29.6. The minimum atomic E-state index is -1.65. The van der Waals surface area contributed by atoms with Crippen LogP contribution in [0.4, 0.5) is 0 Å². The molecule has 0 saturated heterocycles. The molecule has 5 saturated carbocycles. The molecule has 5 fully saturated rings. The highest BCUT2D eigenvalue weighted by molar-refractivity contribution is 5.86. The van der Waals surface area contributed by atoms with Gasteiger partial charge < -0.3 is 40.4 Å². The van der Waals surface area contributed by atoms with Crippen LogP contribution < -0.4 is 5.32 Å². The van der Waals surface area contributed by atoms with Gasteiger partial charge in [0.25, 0.3) is 0 Å². The van der Waals surface area contributed by atoms with E-state index in [0.717, 1.165) is 29.4 Å². The fourth-order valence-electron chi connectivity index (χ4n) is 12.8. The summed E-state index contributed by atoms with van der Waals surface area (Å²) in [5.74, 6) is -1.49. The third-order valence-electron chi connectivity index (χ3n) is 15.1. The molecule has 0 bridgehead atoms. The highest BCUT2D eigenvalue weighted by atomic mass is 16.5. The number of benzene rings is 1. The number of nitrogens with one attached hydrogen (secondary N) is 1. The number of ether oxygens (including phenoxy) is 1. The molecule has 0 radical (unpaired) electrons. The van der Waals surface area contributed by atoms with Crippen molar-refractivity contribution in [3.05, 3.63) is 47.0 Å². The summed E-state index contributed by atoms with van der Waals surface area (Å²) in [6.07, 6.45) is 6.24. The SMILES string of the molecule is CNC(Cc1ccccc1CO)C1CC2CC3(O)C(C)(CCC4C3(O)CC(CCC(C)C)C3(O)CC(O)CCC43C=O)C2C2=CC(=O)OC21. The van der Waals surface area contributed by atoms with Crippen LogP contribution in [-0.2, 0) is 27.4 Å². The lowest BCUT2D eigenvalue weighted by Crippen LogP contribution is -2.79. The summed E-state index contributed by atoms with van der Waals surface area (Å²) in [5.41, 5.74) is -3.97. The van der Waals surface area contributed by atoms with Crippen molar-refractivity contribution < 1.29 is 39.9 Å². The van der Waals surface area contributed by atoms with E-state index in [2.05, 4.69) is 26.1 Å². The van der Waals surface area contributed by atoms with Gasteiger partial charge >= 0.3 is 5.97 Å². The molecule has 6 N–H and O–H groups in total. The van der Waals surface area contributed by atoms with Gasteiger partial charge in [-0.05, 0) is 105 Å². The molecule has 0 aromatic heterocycles. The molecule has 1 heterocycles. The van der Waals surface area contributed by atoms with Gasteiger partial charge in [-0.25, -0.2) is 4.79 Å². The van der Waals surface area contributed by atoms with Gasteiger partial charge in [-0.2, -0.15) is 0 Å². The van der Waals surface area contributed by atoms with E-state index in [-0.39, 0.29) is 55.6 Å². The number of carbonyl (C=O) groups is 2. The number of rotatable bonds is 9. The zero-order valence-electron chi connectivity index (χ0n) is 29.6. The largest absolute Gasteiger partial charge is 0.454 e. The molecule has 1 aromatic rings. The van der Waals surface area contributed by atoms with Crippen molar-refractivity contribution in [3.8, 4) is 0 Å². The standard InChI is InChI=1S/C40H57NO8/c1-23(2)9-10-27-19-39(47)32(37(22-43)14-11-28(44)20-38(27,37)46)12-13-36(3)34-26(18-40(36,39)48)15-29(35-30(34)17-33(45)49-35)31(41-4)16-24-7-5-6-8-25(24)21-42/h5-8,17,22-23,26-29,31-32,34-35,41-42,44,46-48H,9-16,18-21H2,1-4H3. The Morgan fingerprint density at radius 2 is 1.78 bits per heavy atom. The Morgan fingerprint density at radius 3 is 2.45 bits per heavy atom. The molecule has 5 aliphatic carbocycles. The number of likely N-dealkylation sites (N-methyl/N-ethyl adjacent to an activating group) is 1. The quantitative estimate of drug-likeness (QED) is 0.170. The molecule has 0 amide bonds. The molecular weight excluding hydrogens is 622 g/mol. The van der Waals surface area contributed by atoms with E-state index in [1.54, 1.807) is 6.08 Å². The third-order valence-corrected chi connectivity index (χ3v) is 15.1. The predicted molar refractivity (Wildman–Crippen MR) is 183 cm³/mol. The molecular formula is C40H57NO8. The van der Waals surface area contributed by atoms with Crippen molar-refractivity contribution in [2.24, 2.45) is 46.3 Å². The van der Waals surface area contributed by atoms with Crippen LogP contribution in [0.3, 0.4) is 0 Å². The molecule has 49 heavy (non-hydrogen) atoms. The Hall–Kier alpha value is -2.14. The molecule has 13 atom stereocenters. The van der Waals surface area contributed by atoms with Crippen LogP contribution in [0.15, 0.2) is 35.9 Å². The predicted octanol–water partition coefficient (Wildman–Crippen LogP) is 3.61. The van der Waals surface area contributed by atoms with Crippen LogP contribution in [0.2, 0.25) is 0 Å². The normalized spacial score (nSPS) is 46.1. The third kappa shape index (κ3) is 4.85. The Bertz CT molecular complexity index is 1500. The van der Waals surface area contributed by atoms with Crippen LogP contribution in [0.5, 0.6) is 0 Å². The molecule has 1 aliphatic heterocycles. The van der Waals surface area contributed by atoms with E-state index < -0.39 is 51.7 Å². The maximum absolute atomic E-state index is 13.4.